The monoisotopic (exact) mass is 396 g/mol. The molecule has 1 aliphatic heterocycles. The average Bonchev–Trinajstić information content (AvgIpc) is 2.68. The summed E-state index contributed by atoms with van der Waals surface area (Å²) < 4.78 is 1.05. The van der Waals surface area contributed by atoms with Gasteiger partial charge in [-0.05, 0) is 49.2 Å². The molecule has 0 aliphatic carbocycles. The summed E-state index contributed by atoms with van der Waals surface area (Å²) in [5.41, 5.74) is 3.84. The molecule has 3 nitrogen and oxygen atoms in total. The van der Waals surface area contributed by atoms with Gasteiger partial charge in [-0.15, -0.1) is 0 Å². The first-order valence-electron chi connectivity index (χ1n) is 8.79. The van der Waals surface area contributed by atoms with Gasteiger partial charge in [0.2, 0.25) is 0 Å². The Hall–Kier alpha value is -1.75. The number of halogens is 1. The second-order valence-electron chi connectivity index (χ2n) is 6.62. The molecule has 2 atom stereocenters. The number of benzene rings is 2. The smallest absolute Gasteiger partial charge is 0.0950 e. The molecule has 0 bridgehead atoms. The molecular weight excluding hydrogens is 376 g/mol. The SMILES string of the molecule is O[C@H](c1cc(-c2ccc(Br)cc2)nc2ccccc12)C1CCCCN1. The Morgan fingerprint density at radius 2 is 1.88 bits per heavy atom. The molecule has 2 N–H and O–H groups in total. The lowest BCUT2D eigenvalue weighted by Gasteiger charge is -2.29. The van der Waals surface area contributed by atoms with Gasteiger partial charge in [-0.2, -0.15) is 0 Å². The molecular formula is C21H21BrN2O. The molecule has 0 saturated carbocycles. The van der Waals surface area contributed by atoms with Gasteiger partial charge in [0.05, 0.1) is 17.3 Å². The lowest BCUT2D eigenvalue weighted by Crippen LogP contribution is -2.38. The lowest BCUT2D eigenvalue weighted by atomic mass is 9.92. The van der Waals surface area contributed by atoms with Crippen molar-refractivity contribution >= 4 is 26.8 Å². The number of pyridine rings is 1. The highest BCUT2D eigenvalue weighted by Gasteiger charge is 2.25. The summed E-state index contributed by atoms with van der Waals surface area (Å²) in [6, 6.07) is 18.4. The van der Waals surface area contributed by atoms with E-state index >= 15 is 0 Å². The fourth-order valence-electron chi connectivity index (χ4n) is 3.58. The quantitative estimate of drug-likeness (QED) is 0.665. The molecule has 0 amide bonds. The van der Waals surface area contributed by atoms with E-state index in [9.17, 15) is 5.11 Å². The Labute approximate surface area is 156 Å². The van der Waals surface area contributed by atoms with Gasteiger partial charge in [0.25, 0.3) is 0 Å². The number of rotatable bonds is 3. The maximum absolute atomic E-state index is 11.1. The van der Waals surface area contributed by atoms with Crippen LogP contribution in [0.3, 0.4) is 0 Å². The highest BCUT2D eigenvalue weighted by atomic mass is 79.9. The zero-order chi connectivity index (χ0) is 17.2. The number of para-hydroxylation sites is 1. The molecule has 1 aliphatic rings. The fourth-order valence-corrected chi connectivity index (χ4v) is 3.84. The van der Waals surface area contributed by atoms with E-state index in [1.54, 1.807) is 0 Å². The number of nitrogens with zero attached hydrogens (tertiary/aromatic N) is 1. The first-order valence-corrected chi connectivity index (χ1v) is 9.59. The lowest BCUT2D eigenvalue weighted by molar-refractivity contribution is 0.115. The minimum atomic E-state index is -0.526. The number of hydrogen-bond acceptors (Lipinski definition) is 3. The number of aromatic nitrogens is 1. The fraction of sp³-hybridized carbons (Fsp3) is 0.286. The summed E-state index contributed by atoms with van der Waals surface area (Å²) in [5.74, 6) is 0. The molecule has 1 fully saturated rings. The van der Waals surface area contributed by atoms with Crippen LogP contribution in [0.15, 0.2) is 59.1 Å². The van der Waals surface area contributed by atoms with Crippen molar-refractivity contribution < 1.29 is 5.11 Å². The van der Waals surface area contributed by atoms with E-state index in [1.165, 1.54) is 6.42 Å². The van der Waals surface area contributed by atoms with Gasteiger partial charge in [-0.25, -0.2) is 4.98 Å². The molecule has 128 valence electrons. The van der Waals surface area contributed by atoms with Gasteiger partial charge >= 0.3 is 0 Å². The molecule has 3 aromatic rings. The normalized spacial score (nSPS) is 19.0. The molecule has 4 heteroatoms. The molecule has 1 saturated heterocycles. The van der Waals surface area contributed by atoms with E-state index in [4.69, 9.17) is 4.98 Å². The number of piperidine rings is 1. The molecule has 0 radical (unpaired) electrons. The third-order valence-corrected chi connectivity index (χ3v) is 5.47. The first-order chi connectivity index (χ1) is 12.2. The van der Waals surface area contributed by atoms with Crippen LogP contribution in [0.5, 0.6) is 0 Å². The summed E-state index contributed by atoms with van der Waals surface area (Å²) in [4.78, 5) is 4.82. The topological polar surface area (TPSA) is 45.2 Å². The zero-order valence-corrected chi connectivity index (χ0v) is 15.5. The summed E-state index contributed by atoms with van der Waals surface area (Å²) in [7, 11) is 0. The predicted octanol–water partition coefficient (Wildman–Crippen LogP) is 4.84. The van der Waals surface area contributed by atoms with Gasteiger partial charge in [0.15, 0.2) is 0 Å². The van der Waals surface area contributed by atoms with Crippen LogP contribution in [0.25, 0.3) is 22.2 Å². The van der Waals surface area contributed by atoms with Crippen LogP contribution in [0.4, 0.5) is 0 Å². The molecule has 1 aromatic heterocycles. The second-order valence-corrected chi connectivity index (χ2v) is 7.54. The molecule has 2 heterocycles. The number of aliphatic hydroxyl groups is 1. The van der Waals surface area contributed by atoms with Crippen LogP contribution in [-0.2, 0) is 0 Å². The second kappa shape index (κ2) is 7.24. The van der Waals surface area contributed by atoms with Crippen LogP contribution in [-0.4, -0.2) is 22.7 Å². The van der Waals surface area contributed by atoms with E-state index in [2.05, 4.69) is 39.4 Å². The highest BCUT2D eigenvalue weighted by Crippen LogP contribution is 2.32. The van der Waals surface area contributed by atoms with Crippen molar-refractivity contribution in [2.24, 2.45) is 0 Å². The summed E-state index contributed by atoms with van der Waals surface area (Å²) in [6.45, 7) is 0.977. The molecule has 0 spiro atoms. The third kappa shape index (κ3) is 3.47. The maximum atomic E-state index is 11.1. The predicted molar refractivity (Wildman–Crippen MR) is 105 cm³/mol. The molecule has 4 rings (SSSR count). The summed E-state index contributed by atoms with van der Waals surface area (Å²) in [5, 5.41) is 15.6. The van der Waals surface area contributed by atoms with Crippen molar-refractivity contribution in [3.63, 3.8) is 0 Å². The Balaban J connectivity index is 1.82. The Morgan fingerprint density at radius 3 is 2.64 bits per heavy atom. The van der Waals surface area contributed by atoms with Crippen LogP contribution in [0.2, 0.25) is 0 Å². The zero-order valence-electron chi connectivity index (χ0n) is 14.0. The van der Waals surface area contributed by atoms with Gasteiger partial charge in [-0.3, -0.25) is 0 Å². The van der Waals surface area contributed by atoms with Gasteiger partial charge in [0.1, 0.15) is 0 Å². The van der Waals surface area contributed by atoms with Crippen LogP contribution in [0.1, 0.15) is 30.9 Å². The number of aliphatic hydroxyl groups excluding tert-OH is 1. The molecule has 1 unspecified atom stereocenters. The van der Waals surface area contributed by atoms with E-state index in [0.29, 0.717) is 0 Å². The first kappa shape index (κ1) is 16.7. The highest BCUT2D eigenvalue weighted by molar-refractivity contribution is 9.10. The Kier molecular flexibility index (Phi) is 4.84. The van der Waals surface area contributed by atoms with Gasteiger partial charge in [-0.1, -0.05) is 52.7 Å². The van der Waals surface area contributed by atoms with Crippen molar-refractivity contribution in [3.8, 4) is 11.3 Å². The van der Waals surface area contributed by atoms with E-state index < -0.39 is 6.10 Å². The van der Waals surface area contributed by atoms with Crippen LogP contribution in [0, 0.1) is 0 Å². The van der Waals surface area contributed by atoms with Gasteiger partial charge < -0.3 is 10.4 Å². The third-order valence-electron chi connectivity index (χ3n) is 4.94. The largest absolute Gasteiger partial charge is 0.387 e. The van der Waals surface area contributed by atoms with Crippen molar-refractivity contribution in [2.45, 2.75) is 31.4 Å². The number of fused-ring (bicyclic) bond motifs is 1. The Bertz CT molecular complexity index is 873. The standard InChI is InChI=1S/C21H21BrN2O/c22-15-10-8-14(9-11-15)20-13-17(16-5-1-2-6-18(16)24-20)21(25)19-7-3-4-12-23-19/h1-2,5-6,8-11,13,19,21,23,25H,3-4,7,12H2/t19?,21-/m1/s1. The van der Waals surface area contributed by atoms with Crippen molar-refractivity contribution in [2.75, 3.05) is 6.54 Å². The molecule has 2 aromatic carbocycles. The van der Waals surface area contributed by atoms with Crippen LogP contribution >= 0.6 is 15.9 Å². The number of nitrogens with one attached hydrogen (secondary N) is 1. The van der Waals surface area contributed by atoms with Crippen LogP contribution < -0.4 is 5.32 Å². The Morgan fingerprint density at radius 1 is 1.08 bits per heavy atom. The number of hydrogen-bond donors (Lipinski definition) is 2. The molecule has 25 heavy (non-hydrogen) atoms. The van der Waals surface area contributed by atoms with E-state index in [1.807, 2.05) is 36.4 Å². The van der Waals surface area contributed by atoms with Crippen molar-refractivity contribution in [1.82, 2.24) is 10.3 Å². The summed E-state index contributed by atoms with van der Waals surface area (Å²) >= 11 is 3.48. The maximum Gasteiger partial charge on any atom is 0.0950 e. The van der Waals surface area contributed by atoms with E-state index in [-0.39, 0.29) is 6.04 Å². The van der Waals surface area contributed by atoms with Crippen molar-refractivity contribution in [3.05, 3.63) is 64.6 Å². The van der Waals surface area contributed by atoms with E-state index in [0.717, 1.165) is 51.6 Å². The van der Waals surface area contributed by atoms with Gasteiger partial charge in [0, 0.05) is 21.5 Å². The van der Waals surface area contributed by atoms with Crippen molar-refractivity contribution in [1.29, 1.82) is 0 Å². The minimum absolute atomic E-state index is 0.109. The minimum Gasteiger partial charge on any atom is -0.387 e. The summed E-state index contributed by atoms with van der Waals surface area (Å²) in [6.07, 6.45) is 2.83. The average molecular weight is 397 g/mol.